The van der Waals surface area contributed by atoms with Gasteiger partial charge >= 0.3 is 0 Å². The second kappa shape index (κ2) is 6.69. The molecular formula is C15H26N2S. The second-order valence-electron chi connectivity index (χ2n) is 5.35. The van der Waals surface area contributed by atoms with Gasteiger partial charge in [0.15, 0.2) is 0 Å². The van der Waals surface area contributed by atoms with Crippen molar-refractivity contribution in [3.8, 4) is 0 Å². The maximum absolute atomic E-state index is 6.02. The summed E-state index contributed by atoms with van der Waals surface area (Å²) in [5.41, 5.74) is 6.02. The fourth-order valence-electron chi connectivity index (χ4n) is 3.00. The summed E-state index contributed by atoms with van der Waals surface area (Å²) in [5, 5.41) is 0. The van der Waals surface area contributed by atoms with E-state index in [0.29, 0.717) is 6.04 Å². The summed E-state index contributed by atoms with van der Waals surface area (Å²) in [4.78, 5) is 5.55. The molecule has 0 aromatic carbocycles. The van der Waals surface area contributed by atoms with Crippen LogP contribution >= 0.6 is 11.3 Å². The van der Waals surface area contributed by atoms with Crippen LogP contribution in [0.4, 0.5) is 0 Å². The molecular weight excluding hydrogens is 240 g/mol. The van der Waals surface area contributed by atoms with Crippen molar-refractivity contribution in [3.63, 3.8) is 0 Å². The monoisotopic (exact) mass is 266 g/mol. The number of aryl methyl sites for hydroxylation is 1. The summed E-state index contributed by atoms with van der Waals surface area (Å²) < 4.78 is 0. The minimum Gasteiger partial charge on any atom is -0.329 e. The van der Waals surface area contributed by atoms with E-state index in [-0.39, 0.29) is 0 Å². The van der Waals surface area contributed by atoms with E-state index in [2.05, 4.69) is 30.9 Å². The van der Waals surface area contributed by atoms with Crippen molar-refractivity contribution in [2.24, 2.45) is 11.7 Å². The SMILES string of the molecule is CCCC1CCN(C(CN)c2ccc(CC)s2)C1. The van der Waals surface area contributed by atoms with E-state index in [1.54, 1.807) is 0 Å². The van der Waals surface area contributed by atoms with Crippen LogP contribution in [0.3, 0.4) is 0 Å². The summed E-state index contributed by atoms with van der Waals surface area (Å²) in [5.74, 6) is 0.898. The molecule has 1 fully saturated rings. The molecule has 18 heavy (non-hydrogen) atoms. The quantitative estimate of drug-likeness (QED) is 0.854. The zero-order chi connectivity index (χ0) is 13.0. The molecule has 1 aromatic rings. The Morgan fingerprint density at radius 3 is 2.89 bits per heavy atom. The van der Waals surface area contributed by atoms with Gasteiger partial charge in [-0.1, -0.05) is 20.3 Å². The fraction of sp³-hybridized carbons (Fsp3) is 0.733. The van der Waals surface area contributed by atoms with Crippen molar-refractivity contribution >= 4 is 11.3 Å². The van der Waals surface area contributed by atoms with E-state index < -0.39 is 0 Å². The fourth-order valence-corrected chi connectivity index (χ4v) is 4.10. The lowest BCUT2D eigenvalue weighted by Crippen LogP contribution is -2.31. The molecule has 2 unspecified atom stereocenters. The van der Waals surface area contributed by atoms with Crippen molar-refractivity contribution in [1.82, 2.24) is 4.90 Å². The molecule has 0 bridgehead atoms. The van der Waals surface area contributed by atoms with Gasteiger partial charge in [0.2, 0.25) is 0 Å². The topological polar surface area (TPSA) is 29.3 Å². The summed E-state index contributed by atoms with van der Waals surface area (Å²) in [6, 6.07) is 5.01. The molecule has 1 aliphatic heterocycles. The van der Waals surface area contributed by atoms with E-state index in [4.69, 9.17) is 5.73 Å². The number of thiophene rings is 1. The average Bonchev–Trinajstić information content (AvgIpc) is 3.01. The molecule has 0 radical (unpaired) electrons. The van der Waals surface area contributed by atoms with Crippen LogP contribution in [-0.2, 0) is 6.42 Å². The number of nitrogens with two attached hydrogens (primary N) is 1. The molecule has 0 aliphatic carbocycles. The highest BCUT2D eigenvalue weighted by Gasteiger charge is 2.28. The van der Waals surface area contributed by atoms with Crippen LogP contribution in [0.1, 0.15) is 48.9 Å². The first kappa shape index (κ1) is 14.0. The van der Waals surface area contributed by atoms with Crippen LogP contribution in [0.2, 0.25) is 0 Å². The Kier molecular flexibility index (Phi) is 5.22. The molecule has 1 aliphatic rings. The van der Waals surface area contributed by atoms with Gasteiger partial charge in [-0.15, -0.1) is 11.3 Å². The highest BCUT2D eigenvalue weighted by molar-refractivity contribution is 7.12. The minimum absolute atomic E-state index is 0.456. The van der Waals surface area contributed by atoms with Gasteiger partial charge in [0, 0.05) is 22.8 Å². The van der Waals surface area contributed by atoms with Crippen molar-refractivity contribution in [2.45, 2.75) is 45.6 Å². The van der Waals surface area contributed by atoms with Crippen LogP contribution in [0, 0.1) is 5.92 Å². The molecule has 3 heteroatoms. The largest absolute Gasteiger partial charge is 0.329 e. The first-order valence-corrected chi connectivity index (χ1v) is 8.12. The lowest BCUT2D eigenvalue weighted by atomic mass is 10.0. The lowest BCUT2D eigenvalue weighted by Gasteiger charge is -2.25. The Balaban J connectivity index is 2.01. The number of rotatable bonds is 6. The molecule has 1 aromatic heterocycles. The van der Waals surface area contributed by atoms with E-state index in [1.165, 1.54) is 42.1 Å². The molecule has 102 valence electrons. The molecule has 0 saturated carbocycles. The van der Waals surface area contributed by atoms with E-state index in [9.17, 15) is 0 Å². The zero-order valence-corrected chi connectivity index (χ0v) is 12.5. The maximum atomic E-state index is 6.02. The average molecular weight is 266 g/mol. The third-order valence-electron chi connectivity index (χ3n) is 4.04. The Bertz CT molecular complexity index is 361. The summed E-state index contributed by atoms with van der Waals surface area (Å²) in [7, 11) is 0. The highest BCUT2D eigenvalue weighted by atomic mass is 32.1. The third kappa shape index (κ3) is 3.14. The minimum atomic E-state index is 0.456. The van der Waals surface area contributed by atoms with Gasteiger partial charge in [-0.05, 0) is 43.9 Å². The maximum Gasteiger partial charge on any atom is 0.0564 e. The Hall–Kier alpha value is -0.380. The van der Waals surface area contributed by atoms with Crippen molar-refractivity contribution in [1.29, 1.82) is 0 Å². The van der Waals surface area contributed by atoms with Crippen molar-refractivity contribution in [3.05, 3.63) is 21.9 Å². The van der Waals surface area contributed by atoms with E-state index >= 15 is 0 Å². The van der Waals surface area contributed by atoms with Crippen LogP contribution in [0.15, 0.2) is 12.1 Å². The van der Waals surface area contributed by atoms with Crippen LogP contribution in [-0.4, -0.2) is 24.5 Å². The third-order valence-corrected chi connectivity index (χ3v) is 5.37. The second-order valence-corrected chi connectivity index (χ2v) is 6.55. The summed E-state index contributed by atoms with van der Waals surface area (Å²) >= 11 is 1.95. The normalized spacial score (nSPS) is 22.5. The van der Waals surface area contributed by atoms with Crippen molar-refractivity contribution in [2.75, 3.05) is 19.6 Å². The highest BCUT2D eigenvalue weighted by Crippen LogP contribution is 2.32. The first-order valence-electron chi connectivity index (χ1n) is 7.31. The number of hydrogen-bond donors (Lipinski definition) is 1. The predicted molar refractivity (Wildman–Crippen MR) is 80.1 cm³/mol. The van der Waals surface area contributed by atoms with Crippen molar-refractivity contribution < 1.29 is 0 Å². The molecule has 0 spiro atoms. The standard InChI is InChI=1S/C15H26N2S/c1-3-5-12-8-9-17(11-12)14(10-16)15-7-6-13(4-2)18-15/h6-7,12,14H,3-5,8-11,16H2,1-2H3. The number of hydrogen-bond acceptors (Lipinski definition) is 3. The Morgan fingerprint density at radius 1 is 1.44 bits per heavy atom. The van der Waals surface area contributed by atoms with Gasteiger partial charge in [-0.2, -0.15) is 0 Å². The van der Waals surface area contributed by atoms with Crippen LogP contribution < -0.4 is 5.73 Å². The Morgan fingerprint density at radius 2 is 2.28 bits per heavy atom. The summed E-state index contributed by atoms with van der Waals surface area (Å²) in [6.07, 6.45) is 5.18. The summed E-state index contributed by atoms with van der Waals surface area (Å²) in [6.45, 7) is 7.74. The van der Waals surface area contributed by atoms with Gasteiger partial charge < -0.3 is 5.73 Å². The molecule has 2 nitrogen and oxygen atoms in total. The van der Waals surface area contributed by atoms with Gasteiger partial charge in [-0.3, -0.25) is 4.90 Å². The molecule has 0 amide bonds. The van der Waals surface area contributed by atoms with Crippen LogP contribution in [0.5, 0.6) is 0 Å². The predicted octanol–water partition coefficient (Wildman–Crippen LogP) is 3.43. The van der Waals surface area contributed by atoms with Gasteiger partial charge in [0.25, 0.3) is 0 Å². The molecule has 2 heterocycles. The molecule has 2 N–H and O–H groups in total. The smallest absolute Gasteiger partial charge is 0.0564 e. The van der Waals surface area contributed by atoms with Gasteiger partial charge in [0.1, 0.15) is 0 Å². The molecule has 2 rings (SSSR count). The van der Waals surface area contributed by atoms with E-state index in [0.717, 1.165) is 18.9 Å². The lowest BCUT2D eigenvalue weighted by molar-refractivity contribution is 0.243. The number of nitrogens with zero attached hydrogens (tertiary/aromatic N) is 1. The van der Waals surface area contributed by atoms with Gasteiger partial charge in [0.05, 0.1) is 6.04 Å². The van der Waals surface area contributed by atoms with Gasteiger partial charge in [-0.25, -0.2) is 0 Å². The molecule has 2 atom stereocenters. The molecule has 1 saturated heterocycles. The first-order chi connectivity index (χ1) is 8.78. The zero-order valence-electron chi connectivity index (χ0n) is 11.7. The van der Waals surface area contributed by atoms with Crippen LogP contribution in [0.25, 0.3) is 0 Å². The number of likely N-dealkylation sites (tertiary alicyclic amines) is 1. The van der Waals surface area contributed by atoms with E-state index in [1.807, 2.05) is 11.3 Å². The Labute approximate surface area is 115 Å².